The maximum Gasteiger partial charge on any atom is 0.334 e. The van der Waals surface area contributed by atoms with Crippen LogP contribution in [0.1, 0.15) is 16.3 Å². The van der Waals surface area contributed by atoms with Crippen molar-refractivity contribution in [2.75, 3.05) is 19.7 Å². The fourth-order valence-electron chi connectivity index (χ4n) is 2.64. The molecule has 1 aromatic heterocycles. The van der Waals surface area contributed by atoms with Gasteiger partial charge in [-0.2, -0.15) is 0 Å². The number of hydrogen-bond acceptors (Lipinski definition) is 6. The van der Waals surface area contributed by atoms with Gasteiger partial charge in [0.05, 0.1) is 23.9 Å². The number of rotatable bonds is 6. The van der Waals surface area contributed by atoms with Gasteiger partial charge in [0.2, 0.25) is 5.91 Å². The molecule has 2 heterocycles. The molecule has 0 aliphatic carbocycles. The normalized spacial score (nSPS) is 17.2. The summed E-state index contributed by atoms with van der Waals surface area (Å²) in [7, 11) is 0. The average molecular weight is 388 g/mol. The first-order chi connectivity index (χ1) is 13.0. The van der Waals surface area contributed by atoms with E-state index in [0.29, 0.717) is 18.9 Å². The van der Waals surface area contributed by atoms with Crippen molar-refractivity contribution in [1.29, 1.82) is 0 Å². The molecule has 1 fully saturated rings. The molecule has 1 unspecified atom stereocenters. The van der Waals surface area contributed by atoms with E-state index in [1.807, 2.05) is 36.6 Å². The largest absolute Gasteiger partial charge is 0.487 e. The number of carboxylic acids is 1. The molecule has 1 atom stereocenters. The summed E-state index contributed by atoms with van der Waals surface area (Å²) in [6, 6.07) is 7.41. The van der Waals surface area contributed by atoms with Crippen LogP contribution in [0, 0.1) is 6.92 Å². The van der Waals surface area contributed by atoms with E-state index in [1.54, 1.807) is 17.4 Å². The van der Waals surface area contributed by atoms with Gasteiger partial charge in [-0.15, -0.1) is 11.3 Å². The molecular weight excluding hydrogens is 368 g/mol. The summed E-state index contributed by atoms with van der Waals surface area (Å²) in [4.78, 5) is 29.2. The first-order valence-corrected chi connectivity index (χ1v) is 9.35. The number of morpholine rings is 1. The number of carboxylic acid groups (broad SMARTS) is 1. The summed E-state index contributed by atoms with van der Waals surface area (Å²) in [6.07, 6.45) is 2.13. The molecule has 27 heavy (non-hydrogen) atoms. The predicted molar refractivity (Wildman–Crippen MR) is 101 cm³/mol. The molecule has 0 spiro atoms. The first kappa shape index (κ1) is 19.1. The minimum atomic E-state index is -1.06. The van der Waals surface area contributed by atoms with Crippen molar-refractivity contribution < 1.29 is 24.2 Å². The van der Waals surface area contributed by atoms with E-state index < -0.39 is 12.1 Å². The van der Waals surface area contributed by atoms with Crippen LogP contribution in [0.15, 0.2) is 35.7 Å². The molecule has 1 aromatic carbocycles. The smallest absolute Gasteiger partial charge is 0.334 e. The summed E-state index contributed by atoms with van der Waals surface area (Å²) in [5, 5.41) is 12.0. The van der Waals surface area contributed by atoms with Crippen molar-refractivity contribution in [3.63, 3.8) is 0 Å². The molecular formula is C19H20N2O5S. The number of carbonyl (C=O) groups excluding carboxylic acids is 1. The summed E-state index contributed by atoms with van der Waals surface area (Å²) in [6.45, 7) is 2.92. The van der Waals surface area contributed by atoms with Crippen LogP contribution in [-0.2, 0) is 20.9 Å². The standard InChI is InChI=1S/C19H20N2O5S/c1-13-20-15(12-27-13)11-26-16-5-3-2-4-14(16)6-7-18(22)21-8-9-25-17(10-21)19(23)24/h2-7,12,17H,8-11H2,1H3,(H,23,24)/b7-6+. The number of ether oxygens (including phenoxy) is 2. The molecule has 3 rings (SSSR count). The number of aromatic nitrogens is 1. The average Bonchev–Trinajstić information content (AvgIpc) is 3.10. The molecule has 7 nitrogen and oxygen atoms in total. The number of aryl methyl sites for hydroxylation is 1. The van der Waals surface area contributed by atoms with Crippen LogP contribution < -0.4 is 4.74 Å². The van der Waals surface area contributed by atoms with Crippen LogP contribution in [0.3, 0.4) is 0 Å². The highest BCUT2D eigenvalue weighted by Crippen LogP contribution is 2.21. The number of para-hydroxylation sites is 1. The second-order valence-corrected chi connectivity index (χ2v) is 7.06. The maximum absolute atomic E-state index is 12.4. The van der Waals surface area contributed by atoms with Crippen LogP contribution in [0.25, 0.3) is 6.08 Å². The number of aliphatic carboxylic acids is 1. The second-order valence-electron chi connectivity index (χ2n) is 6.00. The molecule has 0 saturated carbocycles. The Bertz CT molecular complexity index is 848. The van der Waals surface area contributed by atoms with Gasteiger partial charge < -0.3 is 19.5 Å². The van der Waals surface area contributed by atoms with Crippen LogP contribution in [0.5, 0.6) is 5.75 Å². The van der Waals surface area contributed by atoms with Gasteiger partial charge in [-0.3, -0.25) is 4.79 Å². The molecule has 0 radical (unpaired) electrons. The molecule has 1 aliphatic heterocycles. The van der Waals surface area contributed by atoms with Gasteiger partial charge >= 0.3 is 5.97 Å². The lowest BCUT2D eigenvalue weighted by Crippen LogP contribution is -2.48. The molecule has 142 valence electrons. The van der Waals surface area contributed by atoms with Crippen LogP contribution in [0.2, 0.25) is 0 Å². The highest BCUT2D eigenvalue weighted by Gasteiger charge is 2.27. The third-order valence-electron chi connectivity index (χ3n) is 4.02. The number of benzene rings is 1. The number of nitrogens with zero attached hydrogens (tertiary/aromatic N) is 2. The van der Waals surface area contributed by atoms with E-state index in [2.05, 4.69) is 4.98 Å². The Kier molecular flexibility index (Phi) is 6.20. The van der Waals surface area contributed by atoms with Gasteiger partial charge in [0.1, 0.15) is 12.4 Å². The molecule has 0 bridgehead atoms. The second kappa shape index (κ2) is 8.79. The molecule has 1 N–H and O–H groups in total. The topological polar surface area (TPSA) is 89.0 Å². The Labute approximate surface area is 160 Å². The number of carbonyl (C=O) groups is 2. The Hall–Kier alpha value is -2.71. The van der Waals surface area contributed by atoms with Crippen molar-refractivity contribution in [2.24, 2.45) is 0 Å². The lowest BCUT2D eigenvalue weighted by Gasteiger charge is -2.30. The minimum absolute atomic E-state index is 0.0415. The lowest BCUT2D eigenvalue weighted by molar-refractivity contribution is -0.158. The quantitative estimate of drug-likeness (QED) is 0.764. The molecule has 1 amide bonds. The number of thiazole rings is 1. The fourth-order valence-corrected chi connectivity index (χ4v) is 3.24. The number of hydrogen-bond donors (Lipinski definition) is 1. The molecule has 1 aliphatic rings. The molecule has 1 saturated heterocycles. The Morgan fingerprint density at radius 2 is 2.26 bits per heavy atom. The molecule has 2 aromatic rings. The van der Waals surface area contributed by atoms with Crippen molar-refractivity contribution >= 4 is 29.3 Å². The third-order valence-corrected chi connectivity index (χ3v) is 4.84. The highest BCUT2D eigenvalue weighted by atomic mass is 32.1. The van der Waals surface area contributed by atoms with E-state index in [-0.39, 0.29) is 19.1 Å². The molecule has 8 heteroatoms. The van der Waals surface area contributed by atoms with Gasteiger partial charge in [-0.25, -0.2) is 9.78 Å². The zero-order valence-corrected chi connectivity index (χ0v) is 15.6. The lowest BCUT2D eigenvalue weighted by atomic mass is 10.2. The maximum atomic E-state index is 12.4. The Balaban J connectivity index is 1.64. The SMILES string of the molecule is Cc1nc(COc2ccccc2/C=C/C(=O)N2CCOC(C(=O)O)C2)cs1. The zero-order valence-electron chi connectivity index (χ0n) is 14.8. The van der Waals surface area contributed by atoms with E-state index >= 15 is 0 Å². The van der Waals surface area contributed by atoms with Crippen molar-refractivity contribution in [3.8, 4) is 5.75 Å². The zero-order chi connectivity index (χ0) is 19.2. The summed E-state index contributed by atoms with van der Waals surface area (Å²) in [5.74, 6) is -0.667. The predicted octanol–water partition coefficient (Wildman–Crippen LogP) is 2.36. The Morgan fingerprint density at radius 1 is 1.44 bits per heavy atom. The van der Waals surface area contributed by atoms with Gasteiger partial charge in [0, 0.05) is 23.6 Å². The first-order valence-electron chi connectivity index (χ1n) is 8.47. The highest BCUT2D eigenvalue weighted by molar-refractivity contribution is 7.09. The van der Waals surface area contributed by atoms with Crippen molar-refractivity contribution in [3.05, 3.63) is 52.0 Å². The van der Waals surface area contributed by atoms with Crippen LogP contribution in [-0.4, -0.2) is 52.7 Å². The van der Waals surface area contributed by atoms with Gasteiger partial charge in [0.25, 0.3) is 0 Å². The fraction of sp³-hybridized carbons (Fsp3) is 0.316. The van der Waals surface area contributed by atoms with Gasteiger partial charge in [-0.1, -0.05) is 18.2 Å². The Morgan fingerprint density at radius 3 is 3.00 bits per heavy atom. The van der Waals surface area contributed by atoms with E-state index in [9.17, 15) is 9.59 Å². The summed E-state index contributed by atoms with van der Waals surface area (Å²) in [5.41, 5.74) is 1.63. The van der Waals surface area contributed by atoms with Gasteiger partial charge in [0.15, 0.2) is 6.10 Å². The van der Waals surface area contributed by atoms with Gasteiger partial charge in [-0.05, 0) is 19.1 Å². The summed E-state index contributed by atoms with van der Waals surface area (Å²) < 4.78 is 11.0. The minimum Gasteiger partial charge on any atom is -0.487 e. The third kappa shape index (κ3) is 5.15. The monoisotopic (exact) mass is 388 g/mol. The van der Waals surface area contributed by atoms with Crippen LogP contribution >= 0.6 is 11.3 Å². The van der Waals surface area contributed by atoms with Crippen LogP contribution in [0.4, 0.5) is 0 Å². The van der Waals surface area contributed by atoms with E-state index in [0.717, 1.165) is 16.3 Å². The van der Waals surface area contributed by atoms with Crippen molar-refractivity contribution in [2.45, 2.75) is 19.6 Å². The summed E-state index contributed by atoms with van der Waals surface area (Å²) >= 11 is 1.57. The van der Waals surface area contributed by atoms with E-state index in [4.69, 9.17) is 14.6 Å². The van der Waals surface area contributed by atoms with Crippen molar-refractivity contribution in [1.82, 2.24) is 9.88 Å². The van der Waals surface area contributed by atoms with E-state index in [1.165, 1.54) is 11.0 Å². The number of amides is 1.